The molecule has 1 saturated heterocycles. The highest BCUT2D eigenvalue weighted by atomic mass is 16.2. The van der Waals surface area contributed by atoms with Crippen LogP contribution < -0.4 is 11.1 Å². The van der Waals surface area contributed by atoms with Crippen LogP contribution in [0.1, 0.15) is 37.3 Å². The van der Waals surface area contributed by atoms with Crippen molar-refractivity contribution in [2.75, 3.05) is 19.6 Å². The Bertz CT molecular complexity index is 846. The Morgan fingerprint density at radius 2 is 1.85 bits per heavy atom. The second-order valence-electron chi connectivity index (χ2n) is 7.80. The average Bonchev–Trinajstić information content (AvgIpc) is 3.56. The molecule has 0 bridgehead atoms. The van der Waals surface area contributed by atoms with Gasteiger partial charge in [0.2, 0.25) is 11.8 Å². The van der Waals surface area contributed by atoms with Gasteiger partial charge in [0.1, 0.15) is 0 Å². The van der Waals surface area contributed by atoms with Gasteiger partial charge < -0.3 is 16.0 Å². The third-order valence-electron chi connectivity index (χ3n) is 5.76. The van der Waals surface area contributed by atoms with Gasteiger partial charge in [-0.05, 0) is 48.1 Å². The van der Waals surface area contributed by atoms with Crippen LogP contribution >= 0.6 is 0 Å². The van der Waals surface area contributed by atoms with Crippen molar-refractivity contribution in [3.8, 4) is 0 Å². The molecule has 2 unspecified atom stereocenters. The predicted octanol–water partition coefficient (Wildman–Crippen LogP) is 2.60. The molecule has 2 aromatic rings. The summed E-state index contributed by atoms with van der Waals surface area (Å²) in [4.78, 5) is 27.1. The lowest BCUT2D eigenvalue weighted by atomic mass is 9.95. The van der Waals surface area contributed by atoms with Gasteiger partial charge in [-0.2, -0.15) is 0 Å². The molecule has 4 rings (SSSR count). The van der Waals surface area contributed by atoms with Crippen molar-refractivity contribution in [1.82, 2.24) is 10.2 Å². The van der Waals surface area contributed by atoms with E-state index in [1.165, 1.54) is 5.39 Å². The molecule has 5 nitrogen and oxygen atoms in total. The molecular weight excluding hydrogens is 338 g/mol. The van der Waals surface area contributed by atoms with Gasteiger partial charge in [-0.3, -0.25) is 9.59 Å². The Hall–Kier alpha value is -2.40. The summed E-state index contributed by atoms with van der Waals surface area (Å²) in [6.45, 7) is 1.67. The van der Waals surface area contributed by atoms with Gasteiger partial charge in [0.05, 0.1) is 12.0 Å². The summed E-state index contributed by atoms with van der Waals surface area (Å²) in [6, 6.07) is 14.1. The minimum atomic E-state index is -0.211. The molecule has 0 radical (unpaired) electrons. The summed E-state index contributed by atoms with van der Waals surface area (Å²) in [5.74, 6) is 0.307. The van der Waals surface area contributed by atoms with E-state index in [1.807, 2.05) is 23.1 Å². The van der Waals surface area contributed by atoms with Gasteiger partial charge in [-0.25, -0.2) is 0 Å². The number of nitrogens with one attached hydrogen (secondary N) is 1. The fourth-order valence-corrected chi connectivity index (χ4v) is 3.97. The number of amides is 2. The maximum Gasteiger partial charge on any atom is 0.225 e. The zero-order valence-corrected chi connectivity index (χ0v) is 15.6. The number of rotatable bonds is 5. The standard InChI is InChI=1S/C22H27N3O2/c23-13-20(18-10-7-15-4-1-2-5-17(15)12-18)24-21(26)19-6-3-11-25(14-19)22(27)16-8-9-16/h1-2,4-5,7,10,12,16,19-20H,3,6,8-9,11,13-14,23H2,(H,24,26). The Kier molecular flexibility index (Phi) is 5.12. The monoisotopic (exact) mass is 365 g/mol. The minimum Gasteiger partial charge on any atom is -0.348 e. The zero-order chi connectivity index (χ0) is 18.8. The van der Waals surface area contributed by atoms with Crippen LogP contribution in [0.3, 0.4) is 0 Å². The van der Waals surface area contributed by atoms with Gasteiger partial charge in [0.15, 0.2) is 0 Å². The highest BCUT2D eigenvalue weighted by molar-refractivity contribution is 5.85. The van der Waals surface area contributed by atoms with E-state index in [-0.39, 0.29) is 29.7 Å². The van der Waals surface area contributed by atoms with Crippen LogP contribution in [-0.4, -0.2) is 36.3 Å². The molecule has 2 atom stereocenters. The highest BCUT2D eigenvalue weighted by Crippen LogP contribution is 2.32. The van der Waals surface area contributed by atoms with Crippen LogP contribution in [0.15, 0.2) is 42.5 Å². The van der Waals surface area contributed by atoms with Crippen LogP contribution in [0.25, 0.3) is 10.8 Å². The summed E-state index contributed by atoms with van der Waals surface area (Å²) in [5, 5.41) is 5.43. The molecule has 3 N–H and O–H groups in total. The first-order valence-electron chi connectivity index (χ1n) is 9.93. The summed E-state index contributed by atoms with van der Waals surface area (Å²) < 4.78 is 0. The second kappa shape index (κ2) is 7.69. The molecular formula is C22H27N3O2. The van der Waals surface area contributed by atoms with Crippen LogP contribution in [0.5, 0.6) is 0 Å². The topological polar surface area (TPSA) is 75.4 Å². The van der Waals surface area contributed by atoms with E-state index in [9.17, 15) is 9.59 Å². The molecule has 2 aliphatic rings. The molecule has 1 aliphatic heterocycles. The maximum absolute atomic E-state index is 12.9. The van der Waals surface area contributed by atoms with E-state index < -0.39 is 0 Å². The van der Waals surface area contributed by atoms with Crippen LogP contribution in [-0.2, 0) is 9.59 Å². The van der Waals surface area contributed by atoms with E-state index in [4.69, 9.17) is 5.73 Å². The smallest absolute Gasteiger partial charge is 0.225 e. The van der Waals surface area contributed by atoms with E-state index >= 15 is 0 Å². The van der Waals surface area contributed by atoms with E-state index in [0.717, 1.165) is 43.2 Å². The number of carbonyl (C=O) groups is 2. The van der Waals surface area contributed by atoms with Gasteiger partial charge in [-0.1, -0.05) is 36.4 Å². The number of piperidine rings is 1. The fraction of sp³-hybridized carbons (Fsp3) is 0.455. The maximum atomic E-state index is 12.9. The van der Waals surface area contributed by atoms with Crippen molar-refractivity contribution in [3.63, 3.8) is 0 Å². The first kappa shape index (κ1) is 18.0. The first-order chi connectivity index (χ1) is 13.2. The van der Waals surface area contributed by atoms with Gasteiger partial charge in [0, 0.05) is 25.6 Å². The van der Waals surface area contributed by atoms with E-state index in [2.05, 4.69) is 29.6 Å². The quantitative estimate of drug-likeness (QED) is 0.855. The Morgan fingerprint density at radius 3 is 2.59 bits per heavy atom. The van der Waals surface area contributed by atoms with Gasteiger partial charge in [-0.15, -0.1) is 0 Å². The van der Waals surface area contributed by atoms with Crippen LogP contribution in [0.2, 0.25) is 0 Å². The molecule has 2 aromatic carbocycles. The third kappa shape index (κ3) is 3.98. The number of benzene rings is 2. The summed E-state index contributed by atoms with van der Waals surface area (Å²) in [5.41, 5.74) is 6.99. The number of hydrogen-bond acceptors (Lipinski definition) is 3. The molecule has 0 aromatic heterocycles. The predicted molar refractivity (Wildman–Crippen MR) is 106 cm³/mol. The lowest BCUT2D eigenvalue weighted by Gasteiger charge is -2.33. The lowest BCUT2D eigenvalue weighted by molar-refractivity contribution is -0.137. The molecule has 2 fully saturated rings. The number of fused-ring (bicyclic) bond motifs is 1. The number of nitrogens with zero attached hydrogens (tertiary/aromatic N) is 1. The molecule has 142 valence electrons. The number of likely N-dealkylation sites (tertiary alicyclic amines) is 1. The van der Waals surface area contributed by atoms with Crippen molar-refractivity contribution in [1.29, 1.82) is 0 Å². The Morgan fingerprint density at radius 1 is 1.07 bits per heavy atom. The summed E-state index contributed by atoms with van der Waals surface area (Å²) >= 11 is 0. The van der Waals surface area contributed by atoms with Crippen molar-refractivity contribution < 1.29 is 9.59 Å². The normalized spacial score (nSPS) is 21.1. The van der Waals surface area contributed by atoms with Crippen LogP contribution in [0, 0.1) is 11.8 Å². The molecule has 0 spiro atoms. The minimum absolute atomic E-state index is 0.00639. The van der Waals surface area contributed by atoms with Crippen molar-refractivity contribution in [2.45, 2.75) is 31.7 Å². The molecule has 1 heterocycles. The SMILES string of the molecule is NCC(NC(=O)C1CCCN(C(=O)C2CC2)C1)c1ccc2ccccc2c1. The summed E-state index contributed by atoms with van der Waals surface area (Å²) in [6.07, 6.45) is 3.72. The van der Waals surface area contributed by atoms with E-state index in [1.54, 1.807) is 0 Å². The number of carbonyl (C=O) groups excluding carboxylic acids is 2. The molecule has 1 aliphatic carbocycles. The average molecular weight is 365 g/mol. The number of nitrogens with two attached hydrogens (primary N) is 1. The van der Waals surface area contributed by atoms with Crippen molar-refractivity contribution in [2.24, 2.45) is 17.6 Å². The lowest BCUT2D eigenvalue weighted by Crippen LogP contribution is -2.47. The second-order valence-corrected chi connectivity index (χ2v) is 7.80. The fourth-order valence-electron chi connectivity index (χ4n) is 3.97. The Balaban J connectivity index is 1.43. The largest absolute Gasteiger partial charge is 0.348 e. The number of hydrogen-bond donors (Lipinski definition) is 2. The van der Waals surface area contributed by atoms with Crippen molar-refractivity contribution >= 4 is 22.6 Å². The van der Waals surface area contributed by atoms with Gasteiger partial charge >= 0.3 is 0 Å². The van der Waals surface area contributed by atoms with Gasteiger partial charge in [0.25, 0.3) is 0 Å². The molecule has 27 heavy (non-hydrogen) atoms. The van der Waals surface area contributed by atoms with E-state index in [0.29, 0.717) is 13.1 Å². The summed E-state index contributed by atoms with van der Waals surface area (Å²) in [7, 11) is 0. The third-order valence-corrected chi connectivity index (χ3v) is 5.76. The zero-order valence-electron chi connectivity index (χ0n) is 15.6. The van der Waals surface area contributed by atoms with Crippen molar-refractivity contribution in [3.05, 3.63) is 48.0 Å². The van der Waals surface area contributed by atoms with Crippen LogP contribution in [0.4, 0.5) is 0 Å². The first-order valence-corrected chi connectivity index (χ1v) is 9.93. The molecule has 1 saturated carbocycles. The Labute approximate surface area is 159 Å². The molecule has 2 amide bonds. The molecule has 5 heteroatoms. The highest BCUT2D eigenvalue weighted by Gasteiger charge is 2.37.